The van der Waals surface area contributed by atoms with Gasteiger partial charge in [0.1, 0.15) is 19.3 Å². The quantitative estimate of drug-likeness (QED) is 0.0222. The Morgan fingerprint density at radius 3 is 0.723 bits per heavy atom. The number of carbonyl (C=O) groups is 4. The second-order valence-electron chi connectivity index (χ2n) is 28.0. The number of hydrogen-bond acceptors (Lipinski definition) is 15. The predicted octanol–water partition coefficient (Wildman–Crippen LogP) is 21.9. The van der Waals surface area contributed by atoms with E-state index >= 15 is 0 Å². The van der Waals surface area contributed by atoms with Gasteiger partial charge in [0.25, 0.3) is 0 Å². The molecule has 0 saturated carbocycles. The van der Waals surface area contributed by atoms with E-state index in [2.05, 4.69) is 41.5 Å². The summed E-state index contributed by atoms with van der Waals surface area (Å²) in [5.41, 5.74) is 0. The molecular formula is C75H146O17P2. The molecule has 0 rings (SSSR count). The molecule has 0 aromatic rings. The van der Waals surface area contributed by atoms with E-state index in [0.29, 0.717) is 31.6 Å². The molecule has 0 radical (unpaired) electrons. The van der Waals surface area contributed by atoms with Crippen molar-refractivity contribution in [2.45, 2.75) is 407 Å². The van der Waals surface area contributed by atoms with Crippen molar-refractivity contribution in [3.8, 4) is 0 Å². The van der Waals surface area contributed by atoms with Crippen LogP contribution in [-0.4, -0.2) is 96.7 Å². The summed E-state index contributed by atoms with van der Waals surface area (Å²) in [4.78, 5) is 72.7. The molecule has 0 saturated heterocycles. The maximum atomic E-state index is 13.1. The van der Waals surface area contributed by atoms with Gasteiger partial charge in [0.05, 0.1) is 26.4 Å². The second-order valence-corrected chi connectivity index (χ2v) is 30.9. The van der Waals surface area contributed by atoms with E-state index in [1.165, 1.54) is 205 Å². The first-order valence-corrected chi connectivity index (χ1v) is 42.0. The lowest BCUT2D eigenvalue weighted by molar-refractivity contribution is -0.161. The summed E-state index contributed by atoms with van der Waals surface area (Å²) in [5.74, 6) is -0.613. The van der Waals surface area contributed by atoms with Crippen molar-refractivity contribution < 1.29 is 80.2 Å². The zero-order valence-corrected chi connectivity index (χ0v) is 63.1. The average molecular weight is 1380 g/mol. The minimum atomic E-state index is -4.96. The Labute approximate surface area is 575 Å². The molecule has 0 aliphatic heterocycles. The van der Waals surface area contributed by atoms with E-state index in [0.717, 1.165) is 95.8 Å². The minimum absolute atomic E-state index is 0.104. The Hall–Kier alpha value is -1.94. The van der Waals surface area contributed by atoms with Crippen molar-refractivity contribution in [2.24, 2.45) is 11.8 Å². The highest BCUT2D eigenvalue weighted by molar-refractivity contribution is 7.47. The number of unbranched alkanes of at least 4 members (excludes halogenated alkanes) is 44. The van der Waals surface area contributed by atoms with Crippen LogP contribution in [0.2, 0.25) is 0 Å². The third kappa shape index (κ3) is 68.6. The average Bonchev–Trinajstić information content (AvgIpc) is 1.56. The maximum Gasteiger partial charge on any atom is 0.472 e. The van der Waals surface area contributed by atoms with Crippen LogP contribution < -0.4 is 0 Å². The molecule has 558 valence electrons. The highest BCUT2D eigenvalue weighted by atomic mass is 31.2. The van der Waals surface area contributed by atoms with E-state index in [1.54, 1.807) is 0 Å². The monoisotopic (exact) mass is 1380 g/mol. The number of aliphatic hydroxyl groups is 1. The Morgan fingerprint density at radius 1 is 0.287 bits per heavy atom. The van der Waals surface area contributed by atoms with Crippen LogP contribution in [0.1, 0.15) is 388 Å². The van der Waals surface area contributed by atoms with Crippen molar-refractivity contribution in [1.82, 2.24) is 0 Å². The SMILES string of the molecule is CCCCCCCCCCCCCCCCCC(=O)OC[C@H](COP(=O)(O)OC[C@@H](O)COP(=O)(O)OC[C@@H](COC(=O)CCCCCCCCCCCC)OC(=O)CCCCCCCCCC(C)C)OC(=O)CCCCCCCCCCCCCCCCCCC(C)C. The van der Waals surface area contributed by atoms with Crippen LogP contribution in [0, 0.1) is 11.8 Å². The van der Waals surface area contributed by atoms with Crippen LogP contribution >= 0.6 is 15.6 Å². The van der Waals surface area contributed by atoms with Crippen molar-refractivity contribution in [2.75, 3.05) is 39.6 Å². The van der Waals surface area contributed by atoms with E-state index in [-0.39, 0.29) is 25.7 Å². The molecule has 94 heavy (non-hydrogen) atoms. The summed E-state index contributed by atoms with van der Waals surface area (Å²) in [6.07, 6.45) is 54.2. The van der Waals surface area contributed by atoms with E-state index < -0.39 is 97.5 Å². The molecule has 0 aromatic heterocycles. The third-order valence-electron chi connectivity index (χ3n) is 17.5. The van der Waals surface area contributed by atoms with Gasteiger partial charge in [-0.25, -0.2) is 9.13 Å². The number of phosphoric ester groups is 2. The molecule has 0 fully saturated rings. The molecule has 0 aromatic carbocycles. The van der Waals surface area contributed by atoms with Crippen molar-refractivity contribution in [1.29, 1.82) is 0 Å². The molecule has 0 aliphatic carbocycles. The van der Waals surface area contributed by atoms with E-state index in [4.69, 9.17) is 37.0 Å². The summed E-state index contributed by atoms with van der Waals surface area (Å²) in [5, 5.41) is 10.6. The lowest BCUT2D eigenvalue weighted by Gasteiger charge is -2.21. The fraction of sp³-hybridized carbons (Fsp3) is 0.947. The van der Waals surface area contributed by atoms with Crippen LogP contribution in [0.5, 0.6) is 0 Å². The second kappa shape index (κ2) is 66.9. The minimum Gasteiger partial charge on any atom is -0.462 e. The molecule has 3 N–H and O–H groups in total. The van der Waals surface area contributed by atoms with Gasteiger partial charge in [-0.15, -0.1) is 0 Å². The van der Waals surface area contributed by atoms with Gasteiger partial charge in [0.2, 0.25) is 0 Å². The van der Waals surface area contributed by atoms with Crippen LogP contribution in [0.3, 0.4) is 0 Å². The Balaban J connectivity index is 5.21. The number of ether oxygens (including phenoxy) is 4. The number of aliphatic hydroxyl groups excluding tert-OH is 1. The Kier molecular flexibility index (Phi) is 65.5. The maximum absolute atomic E-state index is 13.1. The molecular weight excluding hydrogens is 1230 g/mol. The Morgan fingerprint density at radius 2 is 0.489 bits per heavy atom. The first-order valence-electron chi connectivity index (χ1n) is 39.0. The molecule has 2 unspecified atom stereocenters. The lowest BCUT2D eigenvalue weighted by Crippen LogP contribution is -2.30. The predicted molar refractivity (Wildman–Crippen MR) is 381 cm³/mol. The van der Waals surface area contributed by atoms with E-state index in [9.17, 15) is 43.2 Å². The van der Waals surface area contributed by atoms with Gasteiger partial charge in [-0.2, -0.15) is 0 Å². The molecule has 0 bridgehead atoms. The molecule has 17 nitrogen and oxygen atoms in total. The number of carbonyl (C=O) groups excluding carboxylic acids is 4. The number of esters is 4. The highest BCUT2D eigenvalue weighted by Gasteiger charge is 2.30. The first kappa shape index (κ1) is 92.1. The molecule has 5 atom stereocenters. The van der Waals surface area contributed by atoms with Crippen LogP contribution in [0.25, 0.3) is 0 Å². The highest BCUT2D eigenvalue weighted by Crippen LogP contribution is 2.45. The molecule has 0 heterocycles. The zero-order chi connectivity index (χ0) is 69.3. The summed E-state index contributed by atoms with van der Waals surface area (Å²) in [7, 11) is -9.91. The van der Waals surface area contributed by atoms with Crippen molar-refractivity contribution >= 4 is 39.5 Å². The molecule has 19 heteroatoms. The van der Waals surface area contributed by atoms with Gasteiger partial charge in [-0.1, -0.05) is 337 Å². The van der Waals surface area contributed by atoms with Gasteiger partial charge >= 0.3 is 39.5 Å². The van der Waals surface area contributed by atoms with Crippen LogP contribution in [-0.2, 0) is 65.4 Å². The lowest BCUT2D eigenvalue weighted by atomic mass is 10.0. The van der Waals surface area contributed by atoms with E-state index in [1.807, 2.05) is 0 Å². The van der Waals surface area contributed by atoms with Gasteiger partial charge in [0, 0.05) is 25.7 Å². The molecule has 0 amide bonds. The van der Waals surface area contributed by atoms with Gasteiger partial charge in [-0.05, 0) is 37.5 Å². The molecule has 0 spiro atoms. The number of phosphoric acid groups is 2. The summed E-state index contributed by atoms with van der Waals surface area (Å²) >= 11 is 0. The fourth-order valence-electron chi connectivity index (χ4n) is 11.5. The van der Waals surface area contributed by atoms with Crippen molar-refractivity contribution in [3.05, 3.63) is 0 Å². The van der Waals surface area contributed by atoms with Crippen molar-refractivity contribution in [3.63, 3.8) is 0 Å². The topological polar surface area (TPSA) is 237 Å². The zero-order valence-electron chi connectivity index (χ0n) is 61.3. The summed E-state index contributed by atoms with van der Waals surface area (Å²) < 4.78 is 68.4. The van der Waals surface area contributed by atoms with Gasteiger partial charge in [-0.3, -0.25) is 37.3 Å². The fourth-order valence-corrected chi connectivity index (χ4v) is 13.1. The van der Waals surface area contributed by atoms with Gasteiger partial charge < -0.3 is 33.8 Å². The molecule has 0 aliphatic rings. The normalized spacial score (nSPS) is 14.0. The number of hydrogen-bond donors (Lipinski definition) is 3. The largest absolute Gasteiger partial charge is 0.472 e. The van der Waals surface area contributed by atoms with Crippen LogP contribution in [0.4, 0.5) is 0 Å². The summed E-state index contributed by atoms with van der Waals surface area (Å²) in [6, 6.07) is 0. The summed E-state index contributed by atoms with van der Waals surface area (Å²) in [6.45, 7) is 9.55. The standard InChI is InChI=1S/C75H146O17P2/c1-7-9-11-13-15-17-19-20-23-27-30-34-40-46-52-58-73(78)86-63-70(91-74(79)59-53-47-41-35-31-28-25-22-21-24-26-29-32-37-43-49-55-67(3)4)65-89-93(81,82)87-61-69(76)62-88-94(83,84)90-66-71(92-75(80)60-54-48-42-36-38-44-50-56-68(5)6)64-85-72(77)57-51-45-39-33-18-16-14-12-10-8-2/h67-71,76H,7-66H2,1-6H3,(H,81,82)(H,83,84)/t69-,70-,71-/m1/s1. The third-order valence-corrected chi connectivity index (χ3v) is 19.4. The Bertz CT molecular complexity index is 1820. The smallest absolute Gasteiger partial charge is 0.462 e. The first-order chi connectivity index (χ1) is 45.4. The number of rotatable bonds is 74. The van der Waals surface area contributed by atoms with Crippen LogP contribution in [0.15, 0.2) is 0 Å². The van der Waals surface area contributed by atoms with Gasteiger partial charge in [0.15, 0.2) is 12.2 Å².